The molecule has 1 heterocycles. The molecule has 4 fully saturated rings. The van der Waals surface area contributed by atoms with Gasteiger partial charge in [0, 0.05) is 30.0 Å². The number of aryl methyl sites for hydroxylation is 6. The van der Waals surface area contributed by atoms with Crippen molar-refractivity contribution >= 4 is 47.3 Å². The zero-order valence-electron chi connectivity index (χ0n) is 29.8. The summed E-state index contributed by atoms with van der Waals surface area (Å²) >= 11 is 16.4. The van der Waals surface area contributed by atoms with Crippen molar-refractivity contribution in [3.05, 3.63) is 80.7 Å². The molecule has 250 valence electrons. The van der Waals surface area contributed by atoms with Gasteiger partial charge in [0.2, 0.25) is 0 Å². The fraction of sp³-hybridized carbons (Fsp3) is 0.585. The summed E-state index contributed by atoms with van der Waals surface area (Å²) < 4.78 is -0.440. The maximum Gasteiger partial charge on any atom is 0.116 e. The van der Waals surface area contributed by atoms with Crippen molar-refractivity contribution in [2.45, 2.75) is 141 Å². The lowest BCUT2D eigenvalue weighted by atomic mass is 10.0. The minimum absolute atomic E-state index is 0.0741. The Bertz CT molecular complexity index is 1470. The van der Waals surface area contributed by atoms with E-state index in [1.54, 1.807) is 0 Å². The minimum Gasteiger partial charge on any atom is -0.325 e. The molecule has 0 aromatic heterocycles. The molecule has 46 heavy (non-hydrogen) atoms. The summed E-state index contributed by atoms with van der Waals surface area (Å²) in [6.45, 7) is 18.1. The van der Waals surface area contributed by atoms with E-state index < -0.39 is 11.5 Å². The number of hydrogen-bond donors (Lipinski definition) is 0. The van der Waals surface area contributed by atoms with Gasteiger partial charge in [-0.3, -0.25) is 0 Å². The van der Waals surface area contributed by atoms with Crippen LogP contribution in [0.25, 0.3) is 0 Å². The van der Waals surface area contributed by atoms with Crippen LogP contribution in [0.3, 0.4) is 0 Å². The molecule has 5 heteroatoms. The lowest BCUT2D eigenvalue weighted by molar-refractivity contribution is 0.765. The Morgan fingerprint density at radius 1 is 0.717 bits per heavy atom. The van der Waals surface area contributed by atoms with Gasteiger partial charge in [-0.05, 0) is 127 Å². The molecule has 0 spiro atoms. The molecule has 6 rings (SSSR count). The van der Waals surface area contributed by atoms with Crippen LogP contribution in [-0.4, -0.2) is 40.2 Å². The van der Waals surface area contributed by atoms with Crippen molar-refractivity contribution in [1.29, 1.82) is 0 Å². The van der Waals surface area contributed by atoms with Crippen LogP contribution in [0.2, 0.25) is 0 Å². The smallest absolute Gasteiger partial charge is 0.116 e. The molecular formula is C41H57Cl2N2P. The molecule has 3 saturated carbocycles. The normalized spacial score (nSPS) is 24.5. The maximum atomic E-state index is 8.69. The molecule has 2 unspecified atom stereocenters. The van der Waals surface area contributed by atoms with E-state index in [2.05, 4.69) is 101 Å². The second-order valence-corrected chi connectivity index (χ2v) is 21.0. The average molecular weight is 680 g/mol. The lowest BCUT2D eigenvalue weighted by Crippen LogP contribution is -2.38. The minimum atomic E-state index is -1.88. The van der Waals surface area contributed by atoms with Crippen molar-refractivity contribution in [1.82, 2.24) is 0 Å². The van der Waals surface area contributed by atoms with Crippen molar-refractivity contribution in [3.63, 3.8) is 0 Å². The van der Waals surface area contributed by atoms with E-state index in [0.717, 1.165) is 25.9 Å². The number of nitrogens with zero attached hydrogens (tertiary/aromatic N) is 2. The predicted octanol–water partition coefficient (Wildman–Crippen LogP) is 12.1. The molecule has 0 bridgehead atoms. The quantitative estimate of drug-likeness (QED) is 0.221. The summed E-state index contributed by atoms with van der Waals surface area (Å²) in [4.78, 5) is 5.30. The summed E-state index contributed by atoms with van der Waals surface area (Å²) in [6.07, 6.45) is 15.1. The van der Waals surface area contributed by atoms with E-state index >= 15 is 0 Å². The monoisotopic (exact) mass is 678 g/mol. The van der Waals surface area contributed by atoms with E-state index in [0.29, 0.717) is 11.3 Å². The van der Waals surface area contributed by atoms with Crippen LogP contribution in [-0.2, 0) is 0 Å². The van der Waals surface area contributed by atoms with E-state index in [1.807, 2.05) is 0 Å². The molecule has 3 aliphatic carbocycles. The Labute approximate surface area is 290 Å². The third-order valence-corrected chi connectivity index (χ3v) is 19.2. The number of alkyl halides is 2. The molecule has 2 aromatic carbocycles. The number of anilines is 2. The molecule has 2 aromatic rings. The van der Waals surface area contributed by atoms with Crippen LogP contribution in [0.4, 0.5) is 11.4 Å². The summed E-state index contributed by atoms with van der Waals surface area (Å²) in [5.41, 5.74) is 14.8. The molecule has 2 nitrogen and oxygen atoms in total. The molecule has 0 radical (unpaired) electrons. The zero-order valence-corrected chi connectivity index (χ0v) is 32.2. The molecule has 2 atom stereocenters. The standard InChI is InChI=1S/C41H57Cl2N2P/c1-27(2)18-22-46(34-13-9-10-14-34,35-15-11-12-16-35)41(43)19-17-36(42)37(41)40-44(38-30(5)23-28(3)24-31(38)6)20-21-45(40)39-32(7)25-29(4)26-33(39)8/h18,22-26,34-36H,9-17,19-21H2,1-8H3. The predicted molar refractivity (Wildman–Crippen MR) is 207 cm³/mol. The molecule has 1 saturated heterocycles. The number of hydrogen-bond acceptors (Lipinski definition) is 2. The van der Waals surface area contributed by atoms with Gasteiger partial charge in [-0.1, -0.05) is 85.4 Å². The highest BCUT2D eigenvalue weighted by atomic mass is 35.5. The highest BCUT2D eigenvalue weighted by molar-refractivity contribution is 7.79. The summed E-state index contributed by atoms with van der Waals surface area (Å²) in [5, 5.41) is -0.0741. The van der Waals surface area contributed by atoms with Gasteiger partial charge in [-0.25, -0.2) is 0 Å². The second kappa shape index (κ2) is 13.4. The number of allylic oxidation sites excluding steroid dienone is 3. The van der Waals surface area contributed by atoms with Crippen molar-refractivity contribution < 1.29 is 0 Å². The van der Waals surface area contributed by atoms with Crippen LogP contribution >= 0.6 is 30.1 Å². The summed E-state index contributed by atoms with van der Waals surface area (Å²) in [5.74, 6) is 4.05. The third kappa shape index (κ3) is 5.75. The SMILES string of the molecule is CC(C)=CC=P(C1CCCC1)(C1CCCC1)C1(Cl)CCC(Cl)C1=C1N(c2c(C)cc(C)cc2C)CCN1c1c(C)cc(C)cc1C. The maximum absolute atomic E-state index is 8.69. The largest absolute Gasteiger partial charge is 0.325 e. The van der Waals surface area contributed by atoms with Gasteiger partial charge in [0.1, 0.15) is 5.82 Å². The van der Waals surface area contributed by atoms with Gasteiger partial charge in [-0.2, -0.15) is 0 Å². The first kappa shape index (κ1) is 34.3. The van der Waals surface area contributed by atoms with Crippen molar-refractivity contribution in [2.24, 2.45) is 0 Å². The van der Waals surface area contributed by atoms with E-state index in [4.69, 9.17) is 23.2 Å². The molecule has 0 N–H and O–H groups in total. The Kier molecular flexibility index (Phi) is 9.96. The van der Waals surface area contributed by atoms with Gasteiger partial charge < -0.3 is 9.80 Å². The van der Waals surface area contributed by atoms with Crippen LogP contribution in [0.15, 0.2) is 47.3 Å². The van der Waals surface area contributed by atoms with Crippen molar-refractivity contribution in [3.8, 4) is 0 Å². The van der Waals surface area contributed by atoms with Gasteiger partial charge in [-0.15, -0.1) is 23.2 Å². The molecule has 1 aliphatic heterocycles. The second-order valence-electron chi connectivity index (χ2n) is 15.4. The Morgan fingerprint density at radius 2 is 1.13 bits per heavy atom. The van der Waals surface area contributed by atoms with Crippen LogP contribution in [0, 0.1) is 41.5 Å². The highest BCUT2D eigenvalue weighted by Crippen LogP contribution is 2.79. The van der Waals surface area contributed by atoms with Gasteiger partial charge in [0.25, 0.3) is 0 Å². The van der Waals surface area contributed by atoms with Crippen LogP contribution in [0.5, 0.6) is 0 Å². The number of halogens is 2. The van der Waals surface area contributed by atoms with Crippen LogP contribution < -0.4 is 9.80 Å². The van der Waals surface area contributed by atoms with Gasteiger partial charge >= 0.3 is 0 Å². The van der Waals surface area contributed by atoms with E-state index in [1.165, 1.54) is 113 Å². The van der Waals surface area contributed by atoms with E-state index in [9.17, 15) is 0 Å². The first-order valence-corrected chi connectivity index (χ1v) is 20.9. The highest BCUT2D eigenvalue weighted by Gasteiger charge is 2.59. The summed E-state index contributed by atoms with van der Waals surface area (Å²) in [7, 11) is 0. The molecular weight excluding hydrogens is 622 g/mol. The number of benzene rings is 2. The average Bonchev–Trinajstić information content (AvgIpc) is 3.79. The Morgan fingerprint density at radius 3 is 1.52 bits per heavy atom. The van der Waals surface area contributed by atoms with E-state index in [-0.39, 0.29) is 5.38 Å². The fourth-order valence-corrected chi connectivity index (χ4v) is 18.7. The Hall–Kier alpha value is -1.60. The van der Waals surface area contributed by atoms with Gasteiger partial charge in [0.15, 0.2) is 0 Å². The third-order valence-electron chi connectivity index (χ3n) is 11.7. The van der Waals surface area contributed by atoms with Gasteiger partial charge in [0.05, 0.1) is 9.99 Å². The van der Waals surface area contributed by atoms with Crippen LogP contribution in [0.1, 0.15) is 111 Å². The topological polar surface area (TPSA) is 6.48 Å². The Balaban J connectivity index is 1.70. The zero-order chi connectivity index (χ0) is 33.0. The first-order chi connectivity index (χ1) is 21.9. The number of rotatable bonds is 6. The molecule has 0 amide bonds. The summed E-state index contributed by atoms with van der Waals surface area (Å²) in [6, 6.07) is 9.42. The fourth-order valence-electron chi connectivity index (χ4n) is 10.2. The van der Waals surface area contributed by atoms with Crippen molar-refractivity contribution in [2.75, 3.05) is 22.9 Å². The first-order valence-electron chi connectivity index (χ1n) is 18.0. The molecule has 4 aliphatic rings. The lowest BCUT2D eigenvalue weighted by Gasteiger charge is -2.50.